The van der Waals surface area contributed by atoms with Gasteiger partial charge in [0.1, 0.15) is 6.54 Å². The van der Waals surface area contributed by atoms with Gasteiger partial charge in [-0.2, -0.15) is 0 Å². The topological polar surface area (TPSA) is 101 Å². The fourth-order valence-electron chi connectivity index (χ4n) is 4.30. The molecule has 0 spiro atoms. The molecule has 0 unspecified atom stereocenters. The van der Waals surface area contributed by atoms with Gasteiger partial charge in [0.05, 0.1) is 12.1 Å². The maximum atomic E-state index is 13.1. The molecular weight excluding hydrogens is 432 g/mol. The molecule has 3 amide bonds. The lowest BCUT2D eigenvalue weighted by Gasteiger charge is -2.36. The largest absolute Gasteiger partial charge is 0.361 e. The molecule has 3 heterocycles. The normalized spacial score (nSPS) is 16.4. The number of hydrogen-bond acceptors (Lipinski definition) is 5. The van der Waals surface area contributed by atoms with Crippen LogP contribution in [0.15, 0.2) is 59.7 Å². The number of hydrogen-bond donors (Lipinski definition) is 2. The molecule has 0 bridgehead atoms. The summed E-state index contributed by atoms with van der Waals surface area (Å²) in [5.74, 6) is -0.318. The first-order valence-electron chi connectivity index (χ1n) is 11.3. The predicted octanol–water partition coefficient (Wildman–Crippen LogP) is 1.64. The van der Waals surface area contributed by atoms with E-state index in [9.17, 15) is 14.4 Å². The summed E-state index contributed by atoms with van der Waals surface area (Å²) in [7, 11) is 0. The van der Waals surface area contributed by atoms with Crippen LogP contribution in [-0.2, 0) is 20.8 Å². The molecule has 1 fully saturated rings. The number of hydrazine groups is 1. The van der Waals surface area contributed by atoms with Crippen molar-refractivity contribution in [3.63, 3.8) is 0 Å². The maximum absolute atomic E-state index is 13.1. The van der Waals surface area contributed by atoms with E-state index >= 15 is 0 Å². The molecule has 0 saturated carbocycles. The Morgan fingerprint density at radius 3 is 2.44 bits per heavy atom. The van der Waals surface area contributed by atoms with Gasteiger partial charge in [-0.05, 0) is 30.7 Å². The zero-order chi connectivity index (χ0) is 23.7. The number of H-pyrrole nitrogens is 1. The summed E-state index contributed by atoms with van der Waals surface area (Å²) in [6.07, 6.45) is 2.20. The van der Waals surface area contributed by atoms with Crippen molar-refractivity contribution in [1.29, 1.82) is 0 Å². The van der Waals surface area contributed by atoms with Crippen molar-refractivity contribution in [2.75, 3.05) is 37.7 Å². The van der Waals surface area contributed by atoms with Gasteiger partial charge < -0.3 is 14.8 Å². The van der Waals surface area contributed by atoms with Crippen LogP contribution >= 0.6 is 0 Å². The SMILES string of the molecule is Cc1ccc(N2NC(C(=O)N3CCN(C(=O)Cc4c[nH]c5ccccc45)CC3)=NCC2=O)cc1. The number of para-hydroxylation sites is 1. The fourth-order valence-corrected chi connectivity index (χ4v) is 4.30. The van der Waals surface area contributed by atoms with E-state index in [2.05, 4.69) is 15.4 Å². The number of carbonyl (C=O) groups excluding carboxylic acids is 3. The molecule has 2 N–H and O–H groups in total. The van der Waals surface area contributed by atoms with Gasteiger partial charge >= 0.3 is 0 Å². The minimum atomic E-state index is -0.270. The van der Waals surface area contributed by atoms with Crippen molar-refractivity contribution in [2.45, 2.75) is 13.3 Å². The third-order valence-corrected chi connectivity index (χ3v) is 6.27. The van der Waals surface area contributed by atoms with Crippen molar-refractivity contribution in [1.82, 2.24) is 20.2 Å². The summed E-state index contributed by atoms with van der Waals surface area (Å²) in [4.78, 5) is 49.1. The molecule has 2 aromatic carbocycles. The molecule has 1 saturated heterocycles. The minimum absolute atomic E-state index is 0.0427. The third kappa shape index (κ3) is 4.24. The van der Waals surface area contributed by atoms with Crippen LogP contribution < -0.4 is 10.4 Å². The van der Waals surface area contributed by atoms with E-state index in [1.165, 1.54) is 5.01 Å². The van der Waals surface area contributed by atoms with Crippen molar-refractivity contribution >= 4 is 40.1 Å². The highest BCUT2D eigenvalue weighted by atomic mass is 16.2. The van der Waals surface area contributed by atoms with Crippen molar-refractivity contribution in [3.05, 3.63) is 65.9 Å². The minimum Gasteiger partial charge on any atom is -0.361 e. The summed E-state index contributed by atoms with van der Waals surface area (Å²) in [6, 6.07) is 15.4. The van der Waals surface area contributed by atoms with Crippen molar-refractivity contribution in [2.24, 2.45) is 4.99 Å². The number of nitrogens with one attached hydrogen (secondary N) is 2. The third-order valence-electron chi connectivity index (χ3n) is 6.27. The molecule has 0 aliphatic carbocycles. The second-order valence-electron chi connectivity index (χ2n) is 8.55. The highest BCUT2D eigenvalue weighted by Gasteiger charge is 2.31. The summed E-state index contributed by atoms with van der Waals surface area (Å²) in [6.45, 7) is 3.62. The Kier molecular flexibility index (Phi) is 5.75. The molecular formula is C25H26N6O3. The van der Waals surface area contributed by atoms with E-state index in [1.54, 1.807) is 9.80 Å². The monoisotopic (exact) mass is 458 g/mol. The van der Waals surface area contributed by atoms with Crippen LogP contribution in [0, 0.1) is 6.92 Å². The highest BCUT2D eigenvalue weighted by molar-refractivity contribution is 6.39. The van der Waals surface area contributed by atoms with Gasteiger partial charge in [-0.3, -0.25) is 24.8 Å². The molecule has 0 radical (unpaired) electrons. The second-order valence-corrected chi connectivity index (χ2v) is 8.55. The molecule has 9 heteroatoms. The van der Waals surface area contributed by atoms with Crippen LogP contribution in [0.1, 0.15) is 11.1 Å². The molecule has 5 rings (SSSR count). The Morgan fingerprint density at radius 2 is 1.68 bits per heavy atom. The average Bonchev–Trinajstić information content (AvgIpc) is 3.27. The van der Waals surface area contributed by atoms with E-state index in [-0.39, 0.29) is 30.1 Å². The lowest BCUT2D eigenvalue weighted by Crippen LogP contribution is -2.59. The highest BCUT2D eigenvalue weighted by Crippen LogP contribution is 2.19. The lowest BCUT2D eigenvalue weighted by molar-refractivity contribution is -0.136. The van der Waals surface area contributed by atoms with Crippen molar-refractivity contribution < 1.29 is 14.4 Å². The second kappa shape index (κ2) is 9.01. The number of rotatable bonds is 4. The number of anilines is 1. The zero-order valence-electron chi connectivity index (χ0n) is 19.0. The molecule has 1 aromatic heterocycles. The van der Waals surface area contributed by atoms with E-state index < -0.39 is 0 Å². The van der Waals surface area contributed by atoms with Gasteiger partial charge in [-0.25, -0.2) is 5.01 Å². The van der Waals surface area contributed by atoms with Crippen LogP contribution in [-0.4, -0.2) is 71.1 Å². The smallest absolute Gasteiger partial charge is 0.290 e. The van der Waals surface area contributed by atoms with Gasteiger partial charge in [0.15, 0.2) is 0 Å². The summed E-state index contributed by atoms with van der Waals surface area (Å²) in [5.41, 5.74) is 6.60. The number of carbonyl (C=O) groups is 3. The average molecular weight is 459 g/mol. The maximum Gasteiger partial charge on any atom is 0.290 e. The first-order chi connectivity index (χ1) is 16.5. The number of aromatic nitrogens is 1. The Labute approximate surface area is 197 Å². The first kappa shape index (κ1) is 21.7. The standard InChI is InChI=1S/C25H26N6O3/c1-17-6-8-19(9-7-17)31-23(33)16-27-24(28-31)25(34)30-12-10-29(11-13-30)22(32)14-18-15-26-21-5-3-2-4-20(18)21/h2-9,15,26H,10-14,16H2,1H3,(H,27,28). The Morgan fingerprint density at radius 1 is 0.971 bits per heavy atom. The molecule has 0 atom stereocenters. The van der Waals surface area contributed by atoms with Gasteiger partial charge in [-0.1, -0.05) is 35.9 Å². The Hall–Kier alpha value is -4.14. The molecule has 9 nitrogen and oxygen atoms in total. The number of nitrogens with zero attached hydrogens (tertiary/aromatic N) is 4. The van der Waals surface area contributed by atoms with E-state index in [1.807, 2.05) is 61.7 Å². The summed E-state index contributed by atoms with van der Waals surface area (Å²) in [5, 5.41) is 2.42. The van der Waals surface area contributed by atoms with Crippen molar-refractivity contribution in [3.8, 4) is 0 Å². The van der Waals surface area contributed by atoms with Crippen LogP contribution in [0.2, 0.25) is 0 Å². The predicted molar refractivity (Wildman–Crippen MR) is 129 cm³/mol. The number of amidine groups is 1. The number of benzene rings is 2. The molecule has 3 aromatic rings. The Bertz CT molecular complexity index is 1270. The number of fused-ring (bicyclic) bond motifs is 1. The number of piperazine rings is 1. The van der Waals surface area contributed by atoms with E-state index in [0.29, 0.717) is 38.3 Å². The number of aryl methyl sites for hydroxylation is 1. The lowest BCUT2D eigenvalue weighted by atomic mass is 10.1. The first-order valence-corrected chi connectivity index (χ1v) is 11.3. The van der Waals surface area contributed by atoms with Crippen LogP contribution in [0.25, 0.3) is 10.9 Å². The van der Waals surface area contributed by atoms with Gasteiger partial charge in [-0.15, -0.1) is 0 Å². The summed E-state index contributed by atoms with van der Waals surface area (Å²) >= 11 is 0. The molecule has 2 aliphatic heterocycles. The van der Waals surface area contributed by atoms with Crippen LogP contribution in [0.5, 0.6) is 0 Å². The van der Waals surface area contributed by atoms with Gasteiger partial charge in [0.2, 0.25) is 11.7 Å². The van der Waals surface area contributed by atoms with E-state index in [4.69, 9.17) is 0 Å². The molecule has 34 heavy (non-hydrogen) atoms. The molecule has 174 valence electrons. The number of aliphatic imine (C=N–C) groups is 1. The number of amides is 3. The van der Waals surface area contributed by atoms with Crippen LogP contribution in [0.3, 0.4) is 0 Å². The van der Waals surface area contributed by atoms with Gasteiger partial charge in [0, 0.05) is 43.3 Å². The van der Waals surface area contributed by atoms with Gasteiger partial charge in [0.25, 0.3) is 11.8 Å². The number of aromatic amines is 1. The van der Waals surface area contributed by atoms with E-state index in [0.717, 1.165) is 22.0 Å². The fraction of sp³-hybridized carbons (Fsp3) is 0.280. The molecule has 2 aliphatic rings. The van der Waals surface area contributed by atoms with Crippen LogP contribution in [0.4, 0.5) is 5.69 Å². The Balaban J connectivity index is 1.19. The zero-order valence-corrected chi connectivity index (χ0v) is 19.0. The quantitative estimate of drug-likeness (QED) is 0.621. The summed E-state index contributed by atoms with van der Waals surface area (Å²) < 4.78 is 0.